The van der Waals surface area contributed by atoms with Crippen LogP contribution in [0, 0.1) is 0 Å². The van der Waals surface area contributed by atoms with Gasteiger partial charge in [-0.1, -0.05) is 0 Å². The molecule has 0 saturated heterocycles. The molecular weight excluding hydrogens is 234 g/mol. The summed E-state index contributed by atoms with van der Waals surface area (Å²) < 4.78 is 11.1. The molecule has 5 heteroatoms. The molecule has 1 unspecified atom stereocenters. The van der Waals surface area contributed by atoms with Crippen LogP contribution in [0.5, 0.6) is 11.5 Å². The second kappa shape index (κ2) is 5.16. The van der Waals surface area contributed by atoms with E-state index in [1.54, 1.807) is 18.9 Å². The van der Waals surface area contributed by atoms with Crippen LogP contribution in [0.15, 0.2) is 18.2 Å². The minimum absolute atomic E-state index is 0.588. The van der Waals surface area contributed by atoms with Crippen LogP contribution in [0.1, 0.15) is 13.3 Å². The van der Waals surface area contributed by atoms with Gasteiger partial charge in [0.2, 0.25) is 0 Å². The summed E-state index contributed by atoms with van der Waals surface area (Å²) in [7, 11) is 1.75. The Balaban J connectivity index is 2.25. The molecule has 1 atom stereocenters. The summed E-state index contributed by atoms with van der Waals surface area (Å²) in [5.74, 6) is 0.534. The maximum Gasteiger partial charge on any atom is 0.326 e. The number of likely N-dealkylation sites (N-methyl/N-ethyl adjacent to an activating group) is 1. The van der Waals surface area contributed by atoms with E-state index in [2.05, 4.69) is 0 Å². The van der Waals surface area contributed by atoms with Crippen LogP contribution in [0.3, 0.4) is 0 Å². The second-order valence-electron chi connectivity index (χ2n) is 4.31. The smallest absolute Gasteiger partial charge is 0.326 e. The summed E-state index contributed by atoms with van der Waals surface area (Å²) >= 11 is 0. The average Bonchev–Trinajstić information content (AvgIpc) is 2.60. The number of anilines is 1. The predicted molar refractivity (Wildman–Crippen MR) is 67.5 cm³/mol. The third-order valence-corrected chi connectivity index (χ3v) is 3.08. The van der Waals surface area contributed by atoms with Gasteiger partial charge in [-0.3, -0.25) is 0 Å². The molecule has 0 spiro atoms. The number of rotatable bonds is 3. The van der Waals surface area contributed by atoms with Crippen LogP contribution in [0.25, 0.3) is 0 Å². The summed E-state index contributed by atoms with van der Waals surface area (Å²) in [5, 5.41) is 9.00. The van der Waals surface area contributed by atoms with Crippen LogP contribution in [-0.4, -0.2) is 37.4 Å². The summed E-state index contributed by atoms with van der Waals surface area (Å²) in [6, 6.07) is 4.89. The van der Waals surface area contributed by atoms with Crippen molar-refractivity contribution < 1.29 is 19.4 Å². The Morgan fingerprint density at radius 3 is 2.67 bits per heavy atom. The minimum atomic E-state index is -0.857. The molecule has 0 fully saturated rings. The molecule has 5 nitrogen and oxygen atoms in total. The van der Waals surface area contributed by atoms with Gasteiger partial charge in [0.25, 0.3) is 0 Å². The van der Waals surface area contributed by atoms with E-state index in [4.69, 9.17) is 14.6 Å². The zero-order chi connectivity index (χ0) is 13.1. The summed E-state index contributed by atoms with van der Waals surface area (Å²) in [6.07, 6.45) is 0.853. The fourth-order valence-corrected chi connectivity index (χ4v) is 1.76. The van der Waals surface area contributed by atoms with E-state index in [1.807, 2.05) is 18.2 Å². The van der Waals surface area contributed by atoms with E-state index in [-0.39, 0.29) is 0 Å². The van der Waals surface area contributed by atoms with Crippen molar-refractivity contribution in [3.8, 4) is 11.5 Å². The lowest BCUT2D eigenvalue weighted by Gasteiger charge is -2.24. The minimum Gasteiger partial charge on any atom is -0.490 e. The van der Waals surface area contributed by atoms with Crippen molar-refractivity contribution in [2.75, 3.05) is 25.2 Å². The molecule has 18 heavy (non-hydrogen) atoms. The van der Waals surface area contributed by atoms with Crippen molar-refractivity contribution in [2.24, 2.45) is 0 Å². The zero-order valence-electron chi connectivity index (χ0n) is 10.5. The monoisotopic (exact) mass is 251 g/mol. The van der Waals surface area contributed by atoms with Crippen LogP contribution >= 0.6 is 0 Å². The van der Waals surface area contributed by atoms with Gasteiger partial charge in [0, 0.05) is 25.2 Å². The van der Waals surface area contributed by atoms with Gasteiger partial charge in [-0.25, -0.2) is 4.79 Å². The Morgan fingerprint density at radius 1 is 1.33 bits per heavy atom. The topological polar surface area (TPSA) is 59.0 Å². The van der Waals surface area contributed by atoms with Gasteiger partial charge in [0.05, 0.1) is 13.2 Å². The van der Waals surface area contributed by atoms with Gasteiger partial charge in [-0.05, 0) is 19.1 Å². The zero-order valence-corrected chi connectivity index (χ0v) is 10.5. The molecule has 0 aromatic heterocycles. The lowest BCUT2D eigenvalue weighted by atomic mass is 10.2. The number of carboxylic acid groups (broad SMARTS) is 1. The van der Waals surface area contributed by atoms with Gasteiger partial charge in [0.1, 0.15) is 6.04 Å². The van der Waals surface area contributed by atoms with Gasteiger partial charge in [0.15, 0.2) is 11.5 Å². The molecule has 1 aliphatic heterocycles. The number of ether oxygens (including phenoxy) is 2. The molecule has 2 rings (SSSR count). The molecular formula is C13H17NO4. The fraction of sp³-hybridized carbons (Fsp3) is 0.462. The molecule has 0 radical (unpaired) electrons. The van der Waals surface area contributed by atoms with E-state index in [0.29, 0.717) is 24.7 Å². The van der Waals surface area contributed by atoms with Crippen molar-refractivity contribution in [1.82, 2.24) is 0 Å². The third-order valence-electron chi connectivity index (χ3n) is 3.08. The maximum atomic E-state index is 11.0. The molecule has 1 aromatic carbocycles. The Kier molecular flexibility index (Phi) is 3.60. The Labute approximate surface area is 106 Å². The first-order valence-electron chi connectivity index (χ1n) is 5.95. The van der Waals surface area contributed by atoms with Gasteiger partial charge in [-0.2, -0.15) is 0 Å². The average molecular weight is 251 g/mol. The number of hydrogen-bond donors (Lipinski definition) is 1. The third kappa shape index (κ3) is 2.50. The molecule has 1 aliphatic rings. The highest BCUT2D eigenvalue weighted by atomic mass is 16.5. The molecule has 1 aromatic rings. The van der Waals surface area contributed by atoms with Crippen molar-refractivity contribution in [2.45, 2.75) is 19.4 Å². The molecule has 0 amide bonds. The lowest BCUT2D eigenvalue weighted by Crippen LogP contribution is -2.35. The van der Waals surface area contributed by atoms with Crippen molar-refractivity contribution >= 4 is 11.7 Å². The first-order valence-corrected chi connectivity index (χ1v) is 5.95. The summed E-state index contributed by atoms with van der Waals surface area (Å²) in [6.45, 7) is 2.91. The van der Waals surface area contributed by atoms with E-state index in [0.717, 1.165) is 12.1 Å². The van der Waals surface area contributed by atoms with Gasteiger partial charge < -0.3 is 19.5 Å². The van der Waals surface area contributed by atoms with Crippen molar-refractivity contribution in [3.63, 3.8) is 0 Å². The van der Waals surface area contributed by atoms with E-state index >= 15 is 0 Å². The maximum absolute atomic E-state index is 11.0. The number of carboxylic acids is 1. The molecule has 0 saturated carbocycles. The van der Waals surface area contributed by atoms with Crippen LogP contribution in [0.4, 0.5) is 5.69 Å². The number of benzene rings is 1. The number of fused-ring (bicyclic) bond motifs is 1. The first-order chi connectivity index (χ1) is 8.59. The first kappa shape index (κ1) is 12.5. The van der Waals surface area contributed by atoms with E-state index in [1.165, 1.54) is 0 Å². The molecule has 1 heterocycles. The molecule has 0 aliphatic carbocycles. The quantitative estimate of drug-likeness (QED) is 0.887. The van der Waals surface area contributed by atoms with Crippen LogP contribution in [-0.2, 0) is 4.79 Å². The molecule has 0 bridgehead atoms. The standard InChI is InChI=1S/C13H17NO4/c1-9(13(15)16)14(2)10-4-5-11-12(8-10)18-7-3-6-17-11/h4-5,8-9H,3,6-7H2,1-2H3,(H,15,16). The highest BCUT2D eigenvalue weighted by Crippen LogP contribution is 2.33. The highest BCUT2D eigenvalue weighted by molar-refractivity contribution is 5.77. The fourth-order valence-electron chi connectivity index (χ4n) is 1.76. The largest absolute Gasteiger partial charge is 0.490 e. The Bertz CT molecular complexity index is 447. The predicted octanol–water partition coefficient (Wildman–Crippen LogP) is 1.76. The highest BCUT2D eigenvalue weighted by Gasteiger charge is 2.19. The van der Waals surface area contributed by atoms with Gasteiger partial charge >= 0.3 is 5.97 Å². The van der Waals surface area contributed by atoms with Crippen LogP contribution in [0.2, 0.25) is 0 Å². The number of carbonyl (C=O) groups is 1. The Hall–Kier alpha value is -1.91. The van der Waals surface area contributed by atoms with Crippen LogP contribution < -0.4 is 14.4 Å². The van der Waals surface area contributed by atoms with Gasteiger partial charge in [-0.15, -0.1) is 0 Å². The van der Waals surface area contributed by atoms with E-state index in [9.17, 15) is 4.79 Å². The van der Waals surface area contributed by atoms with E-state index < -0.39 is 12.0 Å². The number of aliphatic carboxylic acids is 1. The number of nitrogens with zero attached hydrogens (tertiary/aromatic N) is 1. The lowest BCUT2D eigenvalue weighted by molar-refractivity contribution is -0.138. The molecule has 1 N–H and O–H groups in total. The summed E-state index contributed by atoms with van der Waals surface area (Å²) in [4.78, 5) is 12.7. The summed E-state index contributed by atoms with van der Waals surface area (Å²) in [5.41, 5.74) is 0.800. The van der Waals surface area contributed by atoms with Crippen molar-refractivity contribution in [1.29, 1.82) is 0 Å². The SMILES string of the molecule is CC(C(=O)O)N(C)c1ccc2c(c1)OCCCO2. The second-order valence-corrected chi connectivity index (χ2v) is 4.31. The van der Waals surface area contributed by atoms with Crippen molar-refractivity contribution in [3.05, 3.63) is 18.2 Å². The Morgan fingerprint density at radius 2 is 2.00 bits per heavy atom. The molecule has 98 valence electrons. The number of hydrogen-bond acceptors (Lipinski definition) is 4. The normalized spacial score (nSPS) is 15.7.